The Morgan fingerprint density at radius 3 is 2.64 bits per heavy atom. The highest BCUT2D eigenvalue weighted by Crippen LogP contribution is 2.47. The van der Waals surface area contributed by atoms with Crippen LogP contribution in [0.1, 0.15) is 39.0 Å². The van der Waals surface area contributed by atoms with Crippen molar-refractivity contribution in [3.8, 4) is 0 Å². The van der Waals surface area contributed by atoms with Gasteiger partial charge in [-0.2, -0.15) is 0 Å². The van der Waals surface area contributed by atoms with E-state index in [9.17, 15) is 9.59 Å². The summed E-state index contributed by atoms with van der Waals surface area (Å²) in [5.74, 6) is 0.713. The van der Waals surface area contributed by atoms with Gasteiger partial charge in [-0.05, 0) is 56.9 Å². The number of anilines is 2. The molecule has 6 heteroatoms. The summed E-state index contributed by atoms with van der Waals surface area (Å²) < 4.78 is 0. The second kappa shape index (κ2) is 6.56. The summed E-state index contributed by atoms with van der Waals surface area (Å²) in [6, 6.07) is 7.74. The molecule has 1 N–H and O–H groups in total. The SMILES string of the molecule is C[C@@]12CCC(=O)N1[C@@H](C(=O)Nc1ccc(N3CCCCC3)cc1)CS2. The van der Waals surface area contributed by atoms with Crippen molar-refractivity contribution in [3.63, 3.8) is 0 Å². The number of amides is 2. The Hall–Kier alpha value is -1.69. The molecule has 0 aromatic heterocycles. The van der Waals surface area contributed by atoms with Crippen molar-refractivity contribution >= 4 is 35.0 Å². The third-order valence-electron chi connectivity index (χ3n) is 5.60. The van der Waals surface area contributed by atoms with Crippen molar-refractivity contribution in [1.82, 2.24) is 4.90 Å². The molecule has 3 aliphatic heterocycles. The van der Waals surface area contributed by atoms with Gasteiger partial charge in [0.2, 0.25) is 11.8 Å². The van der Waals surface area contributed by atoms with E-state index in [4.69, 9.17) is 0 Å². The molecular formula is C19H25N3O2S. The number of rotatable bonds is 3. The molecule has 25 heavy (non-hydrogen) atoms. The van der Waals surface area contributed by atoms with E-state index in [0.717, 1.165) is 25.2 Å². The largest absolute Gasteiger partial charge is 0.372 e. The fourth-order valence-corrected chi connectivity index (χ4v) is 5.58. The van der Waals surface area contributed by atoms with Crippen LogP contribution >= 0.6 is 11.8 Å². The van der Waals surface area contributed by atoms with E-state index in [1.54, 1.807) is 16.7 Å². The number of hydrogen-bond acceptors (Lipinski definition) is 4. The number of benzene rings is 1. The molecule has 2 amide bonds. The highest BCUT2D eigenvalue weighted by molar-refractivity contribution is 8.01. The molecule has 0 aliphatic carbocycles. The van der Waals surface area contributed by atoms with E-state index in [2.05, 4.69) is 29.3 Å². The van der Waals surface area contributed by atoms with Gasteiger partial charge < -0.3 is 15.1 Å². The summed E-state index contributed by atoms with van der Waals surface area (Å²) in [5, 5.41) is 3.00. The van der Waals surface area contributed by atoms with E-state index in [0.29, 0.717) is 12.2 Å². The van der Waals surface area contributed by atoms with Crippen LogP contribution in [0.15, 0.2) is 24.3 Å². The zero-order valence-corrected chi connectivity index (χ0v) is 15.5. The maximum absolute atomic E-state index is 12.7. The average Bonchev–Trinajstić information content (AvgIpc) is 3.13. The summed E-state index contributed by atoms with van der Waals surface area (Å²) in [7, 11) is 0. The Kier molecular flexibility index (Phi) is 4.40. The van der Waals surface area contributed by atoms with Crippen LogP contribution in [0.4, 0.5) is 11.4 Å². The van der Waals surface area contributed by atoms with Crippen molar-refractivity contribution in [1.29, 1.82) is 0 Å². The fraction of sp³-hybridized carbons (Fsp3) is 0.579. The van der Waals surface area contributed by atoms with E-state index in [1.807, 2.05) is 12.1 Å². The molecule has 0 unspecified atom stereocenters. The van der Waals surface area contributed by atoms with Crippen molar-refractivity contribution in [2.45, 2.75) is 49.9 Å². The lowest BCUT2D eigenvalue weighted by Crippen LogP contribution is -2.48. The van der Waals surface area contributed by atoms with Crippen LogP contribution in [-0.2, 0) is 9.59 Å². The summed E-state index contributed by atoms with van der Waals surface area (Å²) in [4.78, 5) is 28.9. The lowest BCUT2D eigenvalue weighted by atomic mass is 10.1. The molecule has 0 spiro atoms. The summed E-state index contributed by atoms with van der Waals surface area (Å²) >= 11 is 1.72. The maximum atomic E-state index is 12.7. The van der Waals surface area contributed by atoms with E-state index in [1.165, 1.54) is 24.9 Å². The predicted octanol–water partition coefficient (Wildman–Crippen LogP) is 3.07. The number of hydrogen-bond donors (Lipinski definition) is 1. The molecule has 3 aliphatic rings. The van der Waals surface area contributed by atoms with E-state index >= 15 is 0 Å². The lowest BCUT2D eigenvalue weighted by Gasteiger charge is -2.30. The Balaban J connectivity index is 1.42. The number of nitrogens with one attached hydrogen (secondary N) is 1. The monoisotopic (exact) mass is 359 g/mol. The molecule has 1 aromatic rings. The molecule has 1 aromatic carbocycles. The van der Waals surface area contributed by atoms with Gasteiger partial charge in [0.1, 0.15) is 6.04 Å². The van der Waals surface area contributed by atoms with Gasteiger partial charge in [-0.3, -0.25) is 9.59 Å². The smallest absolute Gasteiger partial charge is 0.248 e. The fourth-order valence-electron chi connectivity index (χ4n) is 4.15. The highest BCUT2D eigenvalue weighted by Gasteiger charge is 2.52. The van der Waals surface area contributed by atoms with E-state index < -0.39 is 0 Å². The number of fused-ring (bicyclic) bond motifs is 1. The van der Waals surface area contributed by atoms with Gasteiger partial charge >= 0.3 is 0 Å². The van der Waals surface area contributed by atoms with Crippen molar-refractivity contribution in [3.05, 3.63) is 24.3 Å². The summed E-state index contributed by atoms with van der Waals surface area (Å²) in [6.07, 6.45) is 5.21. The Morgan fingerprint density at radius 2 is 1.92 bits per heavy atom. The molecule has 0 radical (unpaired) electrons. The van der Waals surface area contributed by atoms with Crippen LogP contribution in [0.3, 0.4) is 0 Å². The Labute approximate surface area is 153 Å². The summed E-state index contributed by atoms with van der Waals surface area (Å²) in [6.45, 7) is 4.30. The van der Waals surface area contributed by atoms with Crippen LogP contribution in [0.2, 0.25) is 0 Å². The Morgan fingerprint density at radius 1 is 1.20 bits per heavy atom. The van der Waals surface area contributed by atoms with E-state index in [-0.39, 0.29) is 22.7 Å². The first-order valence-corrected chi connectivity index (χ1v) is 10.2. The molecule has 2 atom stereocenters. The molecule has 3 saturated heterocycles. The number of thioether (sulfide) groups is 1. The molecule has 5 nitrogen and oxygen atoms in total. The van der Waals surface area contributed by atoms with Gasteiger partial charge in [-0.15, -0.1) is 11.8 Å². The Bertz CT molecular complexity index is 672. The topological polar surface area (TPSA) is 52.7 Å². The number of piperidine rings is 1. The predicted molar refractivity (Wildman–Crippen MR) is 102 cm³/mol. The van der Waals surface area contributed by atoms with Crippen LogP contribution in [0.5, 0.6) is 0 Å². The highest BCUT2D eigenvalue weighted by atomic mass is 32.2. The second-order valence-corrected chi connectivity index (χ2v) is 8.85. The zero-order valence-electron chi connectivity index (χ0n) is 14.7. The first-order chi connectivity index (χ1) is 12.1. The number of carbonyl (C=O) groups excluding carboxylic acids is 2. The van der Waals surface area contributed by atoms with Gasteiger partial charge in [-0.25, -0.2) is 0 Å². The normalized spacial score (nSPS) is 29.0. The van der Waals surface area contributed by atoms with Gasteiger partial charge in [0.15, 0.2) is 0 Å². The van der Waals surface area contributed by atoms with Gasteiger partial charge in [0.25, 0.3) is 0 Å². The average molecular weight is 359 g/mol. The summed E-state index contributed by atoms with van der Waals surface area (Å²) in [5.41, 5.74) is 2.02. The minimum atomic E-state index is -0.355. The second-order valence-electron chi connectivity index (χ2n) is 7.35. The van der Waals surface area contributed by atoms with Crippen LogP contribution < -0.4 is 10.2 Å². The van der Waals surface area contributed by atoms with Crippen molar-refractivity contribution in [2.24, 2.45) is 0 Å². The van der Waals surface area contributed by atoms with Crippen molar-refractivity contribution in [2.75, 3.05) is 29.1 Å². The lowest BCUT2D eigenvalue weighted by molar-refractivity contribution is -0.135. The maximum Gasteiger partial charge on any atom is 0.248 e. The van der Waals surface area contributed by atoms with Crippen LogP contribution in [0, 0.1) is 0 Å². The van der Waals surface area contributed by atoms with Gasteiger partial charge in [0.05, 0.1) is 4.87 Å². The minimum Gasteiger partial charge on any atom is -0.372 e. The third kappa shape index (κ3) is 3.12. The molecule has 3 fully saturated rings. The first kappa shape index (κ1) is 16.8. The molecule has 0 saturated carbocycles. The third-order valence-corrected chi connectivity index (χ3v) is 7.11. The van der Waals surface area contributed by atoms with Crippen molar-refractivity contribution < 1.29 is 9.59 Å². The number of nitrogens with zero attached hydrogens (tertiary/aromatic N) is 2. The molecule has 4 rings (SSSR count). The van der Waals surface area contributed by atoms with Gasteiger partial charge in [0, 0.05) is 36.6 Å². The number of carbonyl (C=O) groups is 2. The van der Waals surface area contributed by atoms with Crippen LogP contribution in [-0.4, -0.2) is 46.5 Å². The quantitative estimate of drug-likeness (QED) is 0.901. The van der Waals surface area contributed by atoms with Crippen LogP contribution in [0.25, 0.3) is 0 Å². The zero-order chi connectivity index (χ0) is 17.4. The molecule has 0 bridgehead atoms. The molecule has 3 heterocycles. The first-order valence-electron chi connectivity index (χ1n) is 9.19. The minimum absolute atomic E-state index is 0.0720. The van der Waals surface area contributed by atoms with Gasteiger partial charge in [-0.1, -0.05) is 0 Å². The standard InChI is InChI=1S/C19H25N3O2S/c1-19-10-9-17(23)22(19)16(13-25-19)18(24)20-14-5-7-15(8-6-14)21-11-3-2-4-12-21/h5-8,16H,2-4,9-13H2,1H3,(H,20,24)/t16-,19-/m1/s1. The molecule has 134 valence electrons. The molecular weight excluding hydrogens is 334 g/mol.